The van der Waals surface area contributed by atoms with Gasteiger partial charge in [-0.2, -0.15) is 18.3 Å². The number of rotatable bonds is 4. The summed E-state index contributed by atoms with van der Waals surface area (Å²) in [6.45, 7) is 0. The van der Waals surface area contributed by atoms with Crippen LogP contribution in [0.25, 0.3) is 10.9 Å². The normalized spacial score (nSPS) is 19.3. The summed E-state index contributed by atoms with van der Waals surface area (Å²) in [5.74, 6) is -1.75. The molecule has 1 aliphatic rings. The van der Waals surface area contributed by atoms with Crippen molar-refractivity contribution >= 4 is 28.6 Å². The minimum absolute atomic E-state index is 0.0790. The maximum absolute atomic E-state index is 12.8. The molecular formula is C20H18F3N5O3. The number of hydrogen-bond donors (Lipinski definition) is 2. The van der Waals surface area contributed by atoms with E-state index >= 15 is 0 Å². The Kier molecular flexibility index (Phi) is 5.34. The fourth-order valence-corrected chi connectivity index (χ4v) is 3.69. The van der Waals surface area contributed by atoms with Crippen molar-refractivity contribution in [2.75, 3.05) is 5.32 Å². The lowest BCUT2D eigenvalue weighted by molar-refractivity contribution is -0.143. The van der Waals surface area contributed by atoms with E-state index in [1.165, 1.54) is 12.3 Å². The number of halogens is 3. The van der Waals surface area contributed by atoms with Crippen LogP contribution in [0.15, 0.2) is 36.7 Å². The van der Waals surface area contributed by atoms with Crippen LogP contribution in [0.1, 0.15) is 47.9 Å². The molecule has 4 rings (SSSR count). The monoisotopic (exact) mass is 433 g/mol. The zero-order valence-corrected chi connectivity index (χ0v) is 16.1. The largest absolute Gasteiger partial charge is 0.481 e. The fourth-order valence-electron chi connectivity index (χ4n) is 3.69. The number of pyridine rings is 2. The Morgan fingerprint density at radius 2 is 1.90 bits per heavy atom. The number of anilines is 1. The van der Waals surface area contributed by atoms with Gasteiger partial charge in [0.25, 0.3) is 5.91 Å². The Balaban J connectivity index is 1.49. The maximum Gasteiger partial charge on any atom is 0.433 e. The number of carbonyl (C=O) groups is 2. The quantitative estimate of drug-likeness (QED) is 0.646. The molecule has 1 amide bonds. The number of aliphatic carboxylic acids is 1. The molecule has 162 valence electrons. The van der Waals surface area contributed by atoms with Gasteiger partial charge in [0.15, 0.2) is 0 Å². The zero-order chi connectivity index (χ0) is 22.2. The van der Waals surface area contributed by atoms with E-state index in [1.54, 1.807) is 16.9 Å². The summed E-state index contributed by atoms with van der Waals surface area (Å²) >= 11 is 0. The van der Waals surface area contributed by atoms with Crippen molar-refractivity contribution in [3.63, 3.8) is 0 Å². The third-order valence-corrected chi connectivity index (χ3v) is 5.34. The molecule has 1 aliphatic carbocycles. The number of nitrogens with one attached hydrogen (secondary N) is 1. The van der Waals surface area contributed by atoms with Gasteiger partial charge in [0.2, 0.25) is 0 Å². The van der Waals surface area contributed by atoms with E-state index in [0.717, 1.165) is 12.1 Å². The summed E-state index contributed by atoms with van der Waals surface area (Å²) < 4.78 is 40.2. The van der Waals surface area contributed by atoms with Gasteiger partial charge in [0, 0.05) is 11.6 Å². The minimum atomic E-state index is -4.65. The van der Waals surface area contributed by atoms with Gasteiger partial charge in [-0.15, -0.1) is 0 Å². The summed E-state index contributed by atoms with van der Waals surface area (Å²) in [5, 5.41) is 16.8. The van der Waals surface area contributed by atoms with E-state index < -0.39 is 23.7 Å². The van der Waals surface area contributed by atoms with Crippen LogP contribution in [0.5, 0.6) is 0 Å². The second-order valence-corrected chi connectivity index (χ2v) is 7.44. The number of nitrogens with zero attached hydrogens (tertiary/aromatic N) is 4. The maximum atomic E-state index is 12.8. The van der Waals surface area contributed by atoms with Crippen molar-refractivity contribution in [2.24, 2.45) is 5.92 Å². The van der Waals surface area contributed by atoms with Gasteiger partial charge in [-0.3, -0.25) is 14.3 Å². The van der Waals surface area contributed by atoms with Crippen LogP contribution in [0.3, 0.4) is 0 Å². The molecular weight excluding hydrogens is 415 g/mol. The van der Waals surface area contributed by atoms with E-state index in [1.807, 2.05) is 0 Å². The van der Waals surface area contributed by atoms with Gasteiger partial charge in [0.05, 0.1) is 18.2 Å². The van der Waals surface area contributed by atoms with Crippen molar-refractivity contribution in [1.29, 1.82) is 0 Å². The molecule has 0 unspecified atom stereocenters. The standard InChI is InChI=1S/C20H18F3N5O3/c21-20(22,23)16-3-1-2-14(25-16)18(29)26-17-8-12-10-28(27-15(12)9-24-17)13-6-4-11(5-7-13)19(30)31/h1-3,8-11,13H,4-7H2,(H,26,29)(H,30,31). The number of alkyl halides is 3. The Labute approximate surface area is 174 Å². The molecule has 31 heavy (non-hydrogen) atoms. The van der Waals surface area contributed by atoms with Gasteiger partial charge in [-0.1, -0.05) is 6.07 Å². The molecule has 0 aliphatic heterocycles. The third-order valence-electron chi connectivity index (χ3n) is 5.34. The highest BCUT2D eigenvalue weighted by Crippen LogP contribution is 2.33. The van der Waals surface area contributed by atoms with Crippen LogP contribution < -0.4 is 5.32 Å². The van der Waals surface area contributed by atoms with E-state index in [0.29, 0.717) is 36.6 Å². The van der Waals surface area contributed by atoms with Crippen molar-refractivity contribution in [1.82, 2.24) is 19.7 Å². The second-order valence-electron chi connectivity index (χ2n) is 7.44. The SMILES string of the molecule is O=C(Nc1cc2cn(C3CCC(C(=O)O)CC3)nc2cn1)c1cccc(C(F)(F)F)n1. The van der Waals surface area contributed by atoms with Crippen molar-refractivity contribution < 1.29 is 27.9 Å². The van der Waals surface area contributed by atoms with Gasteiger partial charge >= 0.3 is 12.1 Å². The number of hydrogen-bond acceptors (Lipinski definition) is 5. The van der Waals surface area contributed by atoms with Gasteiger partial charge in [-0.05, 0) is 43.9 Å². The Morgan fingerprint density at radius 1 is 1.16 bits per heavy atom. The number of fused-ring (bicyclic) bond motifs is 1. The van der Waals surface area contributed by atoms with E-state index in [9.17, 15) is 22.8 Å². The van der Waals surface area contributed by atoms with Crippen molar-refractivity contribution in [3.8, 4) is 0 Å². The first kappa shape index (κ1) is 20.8. The van der Waals surface area contributed by atoms with Crippen molar-refractivity contribution in [2.45, 2.75) is 37.9 Å². The first-order valence-electron chi connectivity index (χ1n) is 9.64. The molecule has 8 nitrogen and oxygen atoms in total. The molecule has 1 saturated carbocycles. The predicted molar refractivity (Wildman–Crippen MR) is 103 cm³/mol. The molecule has 3 aromatic heterocycles. The molecule has 0 aromatic carbocycles. The van der Waals surface area contributed by atoms with Crippen molar-refractivity contribution in [3.05, 3.63) is 48.0 Å². The molecule has 11 heteroatoms. The van der Waals surface area contributed by atoms with E-state index in [4.69, 9.17) is 5.11 Å². The lowest BCUT2D eigenvalue weighted by Gasteiger charge is -2.26. The average Bonchev–Trinajstić information content (AvgIpc) is 3.16. The molecule has 0 atom stereocenters. The summed E-state index contributed by atoms with van der Waals surface area (Å²) in [7, 11) is 0. The molecule has 1 fully saturated rings. The van der Waals surface area contributed by atoms with Crippen LogP contribution in [-0.2, 0) is 11.0 Å². The van der Waals surface area contributed by atoms with E-state index in [-0.39, 0.29) is 23.5 Å². The second kappa shape index (κ2) is 7.97. The number of carbonyl (C=O) groups excluding carboxylic acids is 1. The first-order chi connectivity index (χ1) is 14.7. The highest BCUT2D eigenvalue weighted by molar-refractivity contribution is 6.03. The highest BCUT2D eigenvalue weighted by Gasteiger charge is 2.33. The Bertz CT molecular complexity index is 1140. The summed E-state index contributed by atoms with van der Waals surface area (Å²) in [6, 6.07) is 4.75. The Morgan fingerprint density at radius 3 is 2.58 bits per heavy atom. The lowest BCUT2D eigenvalue weighted by atomic mass is 9.86. The van der Waals surface area contributed by atoms with Crippen LogP contribution in [-0.4, -0.2) is 36.7 Å². The number of carboxylic acid groups (broad SMARTS) is 1. The zero-order valence-electron chi connectivity index (χ0n) is 16.1. The Hall–Kier alpha value is -3.50. The number of carboxylic acids is 1. The number of amides is 1. The summed E-state index contributed by atoms with van der Waals surface area (Å²) in [5.41, 5.74) is -0.930. The average molecular weight is 433 g/mol. The topological polar surface area (TPSA) is 110 Å². The smallest absolute Gasteiger partial charge is 0.433 e. The van der Waals surface area contributed by atoms with Crippen LogP contribution in [0.2, 0.25) is 0 Å². The fraction of sp³-hybridized carbons (Fsp3) is 0.350. The van der Waals surface area contributed by atoms with Crippen LogP contribution in [0.4, 0.5) is 19.0 Å². The van der Waals surface area contributed by atoms with Crippen LogP contribution >= 0.6 is 0 Å². The number of aromatic nitrogens is 4. The third kappa shape index (κ3) is 4.49. The highest BCUT2D eigenvalue weighted by atomic mass is 19.4. The molecule has 3 aromatic rings. The van der Waals surface area contributed by atoms with Gasteiger partial charge < -0.3 is 10.4 Å². The molecule has 0 saturated heterocycles. The minimum Gasteiger partial charge on any atom is -0.481 e. The van der Waals surface area contributed by atoms with E-state index in [2.05, 4.69) is 20.4 Å². The van der Waals surface area contributed by atoms with Crippen LogP contribution in [0, 0.1) is 5.92 Å². The molecule has 0 radical (unpaired) electrons. The lowest BCUT2D eigenvalue weighted by Crippen LogP contribution is -2.23. The summed E-state index contributed by atoms with van der Waals surface area (Å²) in [6.07, 6.45) is 1.17. The molecule has 0 bridgehead atoms. The summed E-state index contributed by atoms with van der Waals surface area (Å²) in [4.78, 5) is 30.9. The van der Waals surface area contributed by atoms with Gasteiger partial charge in [0.1, 0.15) is 22.7 Å². The predicted octanol–water partition coefficient (Wildman–Crippen LogP) is 3.91. The molecule has 0 spiro atoms. The molecule has 3 heterocycles. The first-order valence-corrected chi connectivity index (χ1v) is 9.64. The molecule has 2 N–H and O–H groups in total. The van der Waals surface area contributed by atoms with Gasteiger partial charge in [-0.25, -0.2) is 9.97 Å².